The summed E-state index contributed by atoms with van der Waals surface area (Å²) in [7, 11) is -3.31. The molecule has 4 rings (SSSR count). The third kappa shape index (κ3) is 5.81. The van der Waals surface area contributed by atoms with Crippen molar-refractivity contribution in [2.24, 2.45) is 0 Å². The molecule has 36 heavy (non-hydrogen) atoms. The van der Waals surface area contributed by atoms with Crippen LogP contribution in [0.2, 0.25) is 0 Å². The second-order valence-electron chi connectivity index (χ2n) is 9.45. The third-order valence-corrected chi connectivity index (χ3v) is 7.23. The van der Waals surface area contributed by atoms with Gasteiger partial charge in [-0.15, -0.1) is 0 Å². The van der Waals surface area contributed by atoms with Gasteiger partial charge in [-0.05, 0) is 25.5 Å². The molecule has 0 saturated carbocycles. The zero-order valence-electron chi connectivity index (χ0n) is 20.1. The predicted octanol–water partition coefficient (Wildman–Crippen LogP) is 2.17. The number of halogens is 2. The Labute approximate surface area is 208 Å². The fraction of sp³-hybridized carbons (Fsp3) is 0.458. The van der Waals surface area contributed by atoms with Gasteiger partial charge >= 0.3 is 0 Å². The number of nitrogens with one attached hydrogen (secondary N) is 2. The minimum atomic E-state index is -3.31. The fourth-order valence-electron chi connectivity index (χ4n) is 4.36. The molecule has 1 aliphatic heterocycles. The molecule has 1 aliphatic carbocycles. The second-order valence-corrected chi connectivity index (χ2v) is 11.3. The van der Waals surface area contributed by atoms with E-state index < -0.39 is 21.5 Å². The number of amides is 2. The monoisotopic (exact) mass is 521 g/mol. The van der Waals surface area contributed by atoms with Crippen molar-refractivity contribution < 1.29 is 26.8 Å². The van der Waals surface area contributed by atoms with Crippen molar-refractivity contribution in [3.63, 3.8) is 0 Å². The smallest absolute Gasteiger partial charge is 0.255 e. The molecule has 2 aromatic heterocycles. The lowest BCUT2D eigenvalue weighted by molar-refractivity contribution is -0.117. The maximum absolute atomic E-state index is 13.4. The normalized spacial score (nSPS) is 21.9. The Morgan fingerprint density at radius 2 is 1.92 bits per heavy atom. The van der Waals surface area contributed by atoms with E-state index in [9.17, 15) is 26.8 Å². The summed E-state index contributed by atoms with van der Waals surface area (Å²) < 4.78 is 53.4. The van der Waals surface area contributed by atoms with Gasteiger partial charge in [0.2, 0.25) is 10.0 Å². The molecule has 3 heterocycles. The molecule has 1 fully saturated rings. The zero-order valence-corrected chi connectivity index (χ0v) is 20.9. The summed E-state index contributed by atoms with van der Waals surface area (Å²) in [6.07, 6.45) is 9.69. The quantitative estimate of drug-likeness (QED) is 0.543. The van der Waals surface area contributed by atoms with E-state index in [1.165, 1.54) is 11.1 Å². The summed E-state index contributed by atoms with van der Waals surface area (Å²) in [5, 5.41) is 3.44. The molecule has 2 amide bonds. The van der Waals surface area contributed by atoms with Crippen LogP contribution in [0.5, 0.6) is 0 Å². The van der Waals surface area contributed by atoms with E-state index in [0.717, 1.165) is 11.6 Å². The number of piperidine rings is 1. The number of carbonyl (C=O) groups is 2. The lowest BCUT2D eigenvalue weighted by Crippen LogP contribution is -2.42. The average molecular weight is 522 g/mol. The fourth-order valence-corrected chi connectivity index (χ4v) is 4.83. The van der Waals surface area contributed by atoms with Crippen LogP contribution >= 0.6 is 0 Å². The maximum Gasteiger partial charge on any atom is 0.255 e. The molecule has 1 atom stereocenters. The Bertz CT molecular complexity index is 1340. The number of carbonyl (C=O) groups excluding carboxylic acids is 2. The number of alkyl halides is 2. The first-order chi connectivity index (χ1) is 16.9. The Balaban J connectivity index is 1.42. The molecule has 12 heteroatoms. The summed E-state index contributed by atoms with van der Waals surface area (Å²) in [4.78, 5) is 31.2. The molecule has 2 aromatic rings. The first kappa shape index (κ1) is 26.0. The van der Waals surface area contributed by atoms with E-state index in [4.69, 9.17) is 0 Å². The zero-order chi connectivity index (χ0) is 26.1. The predicted molar refractivity (Wildman–Crippen MR) is 131 cm³/mol. The topological polar surface area (TPSA) is 113 Å². The number of sulfonamides is 1. The molecule has 1 unspecified atom stereocenters. The van der Waals surface area contributed by atoms with E-state index >= 15 is 0 Å². The molecule has 0 spiro atoms. The van der Waals surface area contributed by atoms with Gasteiger partial charge in [-0.3, -0.25) is 9.59 Å². The summed E-state index contributed by atoms with van der Waals surface area (Å²) in [6.45, 7) is 2.31. The first-order valence-corrected chi connectivity index (χ1v) is 13.5. The van der Waals surface area contributed by atoms with Crippen LogP contribution in [-0.2, 0) is 20.4 Å². The Morgan fingerprint density at radius 3 is 2.56 bits per heavy atom. The molecule has 0 aromatic carbocycles. The van der Waals surface area contributed by atoms with Crippen molar-refractivity contribution in [2.45, 2.75) is 37.6 Å². The lowest BCUT2D eigenvalue weighted by Gasteiger charge is -2.32. The minimum absolute atomic E-state index is 0.0181. The van der Waals surface area contributed by atoms with E-state index in [2.05, 4.69) is 15.0 Å². The number of nitrogens with zero attached hydrogens (tertiary/aromatic N) is 3. The highest BCUT2D eigenvalue weighted by atomic mass is 32.2. The summed E-state index contributed by atoms with van der Waals surface area (Å²) in [6, 6.07) is 3.58. The van der Waals surface area contributed by atoms with Gasteiger partial charge in [0.15, 0.2) is 0 Å². The van der Waals surface area contributed by atoms with E-state index in [0.29, 0.717) is 23.2 Å². The number of rotatable bonds is 7. The van der Waals surface area contributed by atoms with Crippen molar-refractivity contribution in [1.29, 1.82) is 0 Å². The van der Waals surface area contributed by atoms with Crippen molar-refractivity contribution in [3.8, 4) is 0 Å². The van der Waals surface area contributed by atoms with Crippen LogP contribution in [0.1, 0.15) is 36.5 Å². The average Bonchev–Trinajstić information content (AvgIpc) is 3.25. The SMILES string of the molecule is CC1(n2ccc3cc(C(=O)N4CCC(F)(F)CC4)cnc32)C=CC(C(=O)NCCNS(C)(=O)=O)=CC1. The summed E-state index contributed by atoms with van der Waals surface area (Å²) in [5.41, 5.74) is 1.01. The van der Waals surface area contributed by atoms with Gasteiger partial charge in [-0.2, -0.15) is 0 Å². The van der Waals surface area contributed by atoms with Crippen molar-refractivity contribution in [1.82, 2.24) is 24.5 Å². The largest absolute Gasteiger partial charge is 0.351 e. The highest BCUT2D eigenvalue weighted by Crippen LogP contribution is 2.33. The van der Waals surface area contributed by atoms with Crippen LogP contribution in [0.15, 0.2) is 48.3 Å². The van der Waals surface area contributed by atoms with Crippen LogP contribution in [-0.4, -0.2) is 73.0 Å². The Kier molecular flexibility index (Phi) is 7.02. The van der Waals surface area contributed by atoms with E-state index in [1.807, 2.05) is 35.9 Å². The molecular weight excluding hydrogens is 492 g/mol. The van der Waals surface area contributed by atoms with Crippen molar-refractivity contribution in [2.75, 3.05) is 32.4 Å². The van der Waals surface area contributed by atoms with Gasteiger partial charge in [0.25, 0.3) is 17.7 Å². The number of allylic oxidation sites excluding steroid dienone is 2. The highest BCUT2D eigenvalue weighted by molar-refractivity contribution is 7.88. The minimum Gasteiger partial charge on any atom is -0.351 e. The lowest BCUT2D eigenvalue weighted by atomic mass is 9.90. The molecule has 9 nitrogen and oxygen atoms in total. The number of fused-ring (bicyclic) bond motifs is 1. The van der Waals surface area contributed by atoms with Crippen LogP contribution in [0, 0.1) is 0 Å². The number of hydrogen-bond acceptors (Lipinski definition) is 5. The van der Waals surface area contributed by atoms with Crippen molar-refractivity contribution >= 4 is 32.9 Å². The number of likely N-dealkylation sites (tertiary alicyclic amines) is 1. The second kappa shape index (κ2) is 9.74. The molecule has 2 N–H and O–H groups in total. The maximum atomic E-state index is 13.4. The third-order valence-electron chi connectivity index (χ3n) is 6.50. The van der Waals surface area contributed by atoms with Gasteiger partial charge in [0, 0.05) is 62.4 Å². The van der Waals surface area contributed by atoms with Gasteiger partial charge in [0.05, 0.1) is 17.4 Å². The van der Waals surface area contributed by atoms with Crippen LogP contribution in [0.4, 0.5) is 8.78 Å². The molecule has 2 aliphatic rings. The van der Waals surface area contributed by atoms with Crippen LogP contribution in [0.3, 0.4) is 0 Å². The number of pyridine rings is 1. The van der Waals surface area contributed by atoms with Gasteiger partial charge in [-0.25, -0.2) is 26.9 Å². The molecular formula is C24H29F2N5O4S. The summed E-state index contributed by atoms with van der Waals surface area (Å²) >= 11 is 0. The highest BCUT2D eigenvalue weighted by Gasteiger charge is 2.36. The van der Waals surface area contributed by atoms with E-state index in [-0.39, 0.29) is 50.8 Å². The van der Waals surface area contributed by atoms with Crippen molar-refractivity contribution in [3.05, 3.63) is 53.9 Å². The Hall–Kier alpha value is -3.12. The van der Waals surface area contributed by atoms with Gasteiger partial charge in [-0.1, -0.05) is 18.2 Å². The first-order valence-electron chi connectivity index (χ1n) is 11.6. The Morgan fingerprint density at radius 1 is 1.19 bits per heavy atom. The summed E-state index contributed by atoms with van der Waals surface area (Å²) in [5.74, 6) is -3.32. The standard InChI is InChI=1S/C24H29F2N5O4S/c1-23(6-3-17(4-7-23)21(32)27-10-11-29-36(2,34)35)31-12-5-18-15-19(16-28-20(18)31)22(33)30-13-8-24(25,26)9-14-30/h3-6,12,15-16,29H,7-11,13-14H2,1-2H3,(H,27,32). The van der Waals surface area contributed by atoms with E-state index in [1.54, 1.807) is 12.1 Å². The number of aromatic nitrogens is 2. The van der Waals surface area contributed by atoms with Gasteiger partial charge in [0.1, 0.15) is 5.65 Å². The van der Waals surface area contributed by atoms with Crippen LogP contribution < -0.4 is 10.0 Å². The van der Waals surface area contributed by atoms with Gasteiger partial charge < -0.3 is 14.8 Å². The molecule has 1 saturated heterocycles. The number of hydrogen-bond donors (Lipinski definition) is 2. The molecule has 194 valence electrons. The molecule has 0 bridgehead atoms. The molecule has 0 radical (unpaired) electrons. The van der Waals surface area contributed by atoms with Crippen LogP contribution in [0.25, 0.3) is 11.0 Å².